The Morgan fingerprint density at radius 2 is 1.85 bits per heavy atom. The topological polar surface area (TPSA) is 128 Å². The van der Waals surface area contributed by atoms with Gasteiger partial charge in [-0.1, -0.05) is 27.2 Å². The molecule has 0 spiro atoms. The number of aliphatic carboxylic acids is 1. The highest BCUT2D eigenvalue weighted by atomic mass is 16.6. The van der Waals surface area contributed by atoms with Gasteiger partial charge in [0.05, 0.1) is 0 Å². The van der Waals surface area contributed by atoms with Gasteiger partial charge in [-0.25, -0.2) is 4.79 Å². The average Bonchev–Trinajstić information content (AvgIpc) is 3.30. The van der Waals surface area contributed by atoms with Gasteiger partial charge < -0.3 is 25.4 Å². The molecular formula is C18H29N3O6. The summed E-state index contributed by atoms with van der Waals surface area (Å²) < 4.78 is 5.17. The molecule has 9 heteroatoms. The molecule has 3 amide bonds. The van der Waals surface area contributed by atoms with E-state index in [9.17, 15) is 24.3 Å². The molecule has 0 radical (unpaired) electrons. The summed E-state index contributed by atoms with van der Waals surface area (Å²) in [5.74, 6) is -2.46. The van der Waals surface area contributed by atoms with Crippen molar-refractivity contribution in [3.63, 3.8) is 0 Å². The van der Waals surface area contributed by atoms with E-state index < -0.39 is 42.1 Å². The lowest BCUT2D eigenvalue weighted by Gasteiger charge is -2.30. The number of carbonyl (C=O) groups is 4. The highest BCUT2D eigenvalue weighted by Gasteiger charge is 2.51. The average molecular weight is 383 g/mol. The fraction of sp³-hybridized carbons (Fsp3) is 0.778. The molecule has 2 heterocycles. The largest absolute Gasteiger partial charge is 0.480 e. The van der Waals surface area contributed by atoms with Gasteiger partial charge in [0.1, 0.15) is 12.1 Å². The van der Waals surface area contributed by atoms with Crippen molar-refractivity contribution in [2.45, 2.75) is 70.7 Å². The standard InChI is InChI=1S/C18H29N3O6/c1-4-8-19-15(22)13-14(27-13)16(23)20-12(10(3)5-2)17(24)21-9-6-7-11(21)18(25)26/h10-14H,4-9H2,1-3H3,(H,19,22)(H,20,23)(H,25,26)/t10-,11-,12-,13-,14?/m0/s1. The third kappa shape index (κ3) is 4.97. The third-order valence-corrected chi connectivity index (χ3v) is 5.16. The summed E-state index contributed by atoms with van der Waals surface area (Å²) in [5, 5.41) is 14.7. The Balaban J connectivity index is 2.01. The van der Waals surface area contributed by atoms with Gasteiger partial charge in [-0.3, -0.25) is 14.4 Å². The van der Waals surface area contributed by atoms with Gasteiger partial charge in [0.2, 0.25) is 5.91 Å². The number of ether oxygens (including phenoxy) is 1. The zero-order chi connectivity index (χ0) is 20.1. The van der Waals surface area contributed by atoms with E-state index in [0.717, 1.165) is 6.42 Å². The van der Waals surface area contributed by atoms with Crippen LogP contribution in [0, 0.1) is 5.92 Å². The van der Waals surface area contributed by atoms with Crippen molar-refractivity contribution in [3.05, 3.63) is 0 Å². The minimum atomic E-state index is -1.03. The fourth-order valence-corrected chi connectivity index (χ4v) is 3.24. The molecular weight excluding hydrogens is 354 g/mol. The fourth-order valence-electron chi connectivity index (χ4n) is 3.24. The third-order valence-electron chi connectivity index (χ3n) is 5.16. The van der Waals surface area contributed by atoms with Gasteiger partial charge in [0.15, 0.2) is 12.2 Å². The molecule has 9 nitrogen and oxygen atoms in total. The van der Waals surface area contributed by atoms with Crippen LogP contribution in [-0.2, 0) is 23.9 Å². The second kappa shape index (κ2) is 9.16. The lowest BCUT2D eigenvalue weighted by Crippen LogP contribution is -2.55. The van der Waals surface area contributed by atoms with E-state index in [1.165, 1.54) is 4.90 Å². The summed E-state index contributed by atoms with van der Waals surface area (Å²) in [6.45, 7) is 6.51. The van der Waals surface area contributed by atoms with Crippen molar-refractivity contribution in [2.24, 2.45) is 5.92 Å². The normalized spacial score (nSPS) is 26.2. The van der Waals surface area contributed by atoms with Gasteiger partial charge in [-0.2, -0.15) is 0 Å². The predicted molar refractivity (Wildman–Crippen MR) is 95.7 cm³/mol. The van der Waals surface area contributed by atoms with Crippen molar-refractivity contribution in [1.29, 1.82) is 0 Å². The van der Waals surface area contributed by atoms with Crippen LogP contribution in [0.1, 0.15) is 46.5 Å². The predicted octanol–water partition coefficient (Wildman–Crippen LogP) is -0.113. The molecule has 3 N–H and O–H groups in total. The van der Waals surface area contributed by atoms with Gasteiger partial charge in [-0.15, -0.1) is 0 Å². The molecule has 2 fully saturated rings. The SMILES string of the molecule is CCCNC(=O)[C@H]1OC1C(=O)N[C@H](C(=O)N1CCC[C@H]1C(=O)O)[C@@H](C)CC. The van der Waals surface area contributed by atoms with Crippen LogP contribution in [0.3, 0.4) is 0 Å². The second-order valence-electron chi connectivity index (χ2n) is 7.17. The molecule has 0 aromatic carbocycles. The number of carboxylic acids is 1. The maximum absolute atomic E-state index is 12.9. The first-order chi connectivity index (χ1) is 12.8. The number of carboxylic acid groups (broad SMARTS) is 1. The number of epoxide rings is 1. The summed E-state index contributed by atoms with van der Waals surface area (Å²) in [4.78, 5) is 49.9. The summed E-state index contributed by atoms with van der Waals surface area (Å²) in [5.41, 5.74) is 0. The minimum Gasteiger partial charge on any atom is -0.480 e. The van der Waals surface area contributed by atoms with Crippen LogP contribution in [0.25, 0.3) is 0 Å². The van der Waals surface area contributed by atoms with E-state index >= 15 is 0 Å². The Bertz CT molecular complexity index is 596. The highest BCUT2D eigenvalue weighted by Crippen LogP contribution is 2.25. The molecule has 27 heavy (non-hydrogen) atoms. The molecule has 0 aliphatic carbocycles. The first kappa shape index (κ1) is 21.1. The smallest absolute Gasteiger partial charge is 0.326 e. The first-order valence-corrected chi connectivity index (χ1v) is 9.58. The number of rotatable bonds is 9. The molecule has 2 aliphatic heterocycles. The lowest BCUT2D eigenvalue weighted by molar-refractivity contribution is -0.150. The van der Waals surface area contributed by atoms with E-state index in [4.69, 9.17) is 4.74 Å². The zero-order valence-corrected chi connectivity index (χ0v) is 16.1. The van der Waals surface area contributed by atoms with Crippen LogP contribution in [0.15, 0.2) is 0 Å². The Labute approximate surface area is 158 Å². The van der Waals surface area contributed by atoms with Crippen LogP contribution < -0.4 is 10.6 Å². The van der Waals surface area contributed by atoms with Gasteiger partial charge in [-0.05, 0) is 25.2 Å². The Kier molecular flexibility index (Phi) is 7.18. The monoisotopic (exact) mass is 383 g/mol. The van der Waals surface area contributed by atoms with E-state index in [1.807, 2.05) is 20.8 Å². The molecule has 0 aromatic heterocycles. The summed E-state index contributed by atoms with van der Waals surface area (Å²) in [6, 6.07) is -1.70. The van der Waals surface area contributed by atoms with Gasteiger partial charge in [0, 0.05) is 13.1 Å². The summed E-state index contributed by atoms with van der Waals surface area (Å²) in [7, 11) is 0. The Morgan fingerprint density at radius 3 is 2.44 bits per heavy atom. The van der Waals surface area contributed by atoms with E-state index in [-0.39, 0.29) is 11.8 Å². The molecule has 0 bridgehead atoms. The first-order valence-electron chi connectivity index (χ1n) is 9.58. The van der Waals surface area contributed by atoms with Crippen molar-refractivity contribution in [3.8, 4) is 0 Å². The summed E-state index contributed by atoms with van der Waals surface area (Å²) >= 11 is 0. The number of hydrogen-bond acceptors (Lipinski definition) is 5. The number of likely N-dealkylation sites (tertiary alicyclic amines) is 1. The van der Waals surface area contributed by atoms with Crippen LogP contribution in [0.4, 0.5) is 0 Å². The molecule has 1 unspecified atom stereocenters. The maximum atomic E-state index is 12.9. The molecule has 2 rings (SSSR count). The van der Waals surface area contributed by atoms with E-state index in [1.54, 1.807) is 0 Å². The highest BCUT2D eigenvalue weighted by molar-refractivity contribution is 5.97. The molecule has 2 saturated heterocycles. The van der Waals surface area contributed by atoms with Gasteiger partial charge >= 0.3 is 5.97 Å². The minimum absolute atomic E-state index is 0.178. The molecule has 0 saturated carbocycles. The maximum Gasteiger partial charge on any atom is 0.326 e. The molecule has 5 atom stereocenters. The molecule has 2 aliphatic rings. The Hall–Kier alpha value is -2.16. The number of amides is 3. The Morgan fingerprint density at radius 1 is 1.19 bits per heavy atom. The van der Waals surface area contributed by atoms with Crippen LogP contribution in [0.5, 0.6) is 0 Å². The van der Waals surface area contributed by atoms with Crippen molar-refractivity contribution < 1.29 is 29.0 Å². The van der Waals surface area contributed by atoms with Crippen molar-refractivity contribution in [2.75, 3.05) is 13.1 Å². The lowest BCUT2D eigenvalue weighted by atomic mass is 9.97. The number of hydrogen-bond donors (Lipinski definition) is 3. The van der Waals surface area contributed by atoms with Gasteiger partial charge in [0.25, 0.3) is 11.8 Å². The number of nitrogens with one attached hydrogen (secondary N) is 2. The number of carbonyl (C=O) groups excluding carboxylic acids is 3. The van der Waals surface area contributed by atoms with Crippen molar-refractivity contribution >= 4 is 23.7 Å². The number of nitrogens with zero attached hydrogens (tertiary/aromatic N) is 1. The van der Waals surface area contributed by atoms with E-state index in [2.05, 4.69) is 10.6 Å². The van der Waals surface area contributed by atoms with Crippen LogP contribution >= 0.6 is 0 Å². The van der Waals surface area contributed by atoms with Crippen LogP contribution in [0.2, 0.25) is 0 Å². The molecule has 152 valence electrons. The molecule has 0 aromatic rings. The van der Waals surface area contributed by atoms with Crippen molar-refractivity contribution in [1.82, 2.24) is 15.5 Å². The summed E-state index contributed by atoms with van der Waals surface area (Å²) in [6.07, 6.45) is 0.704. The van der Waals surface area contributed by atoms with E-state index in [0.29, 0.717) is 32.4 Å². The van der Waals surface area contributed by atoms with Crippen LogP contribution in [-0.4, -0.2) is 71.1 Å². The zero-order valence-electron chi connectivity index (χ0n) is 16.1. The second-order valence-corrected chi connectivity index (χ2v) is 7.17. The quantitative estimate of drug-likeness (QED) is 0.477.